The minimum absolute atomic E-state index is 0.323. The Hall–Kier alpha value is -2.24. The Balaban J connectivity index is 1.78. The van der Waals surface area contributed by atoms with E-state index in [0.29, 0.717) is 31.1 Å². The molecule has 0 aliphatic carbocycles. The van der Waals surface area contributed by atoms with Crippen LogP contribution in [0.15, 0.2) is 17.1 Å². The summed E-state index contributed by atoms with van der Waals surface area (Å²) in [6.07, 6.45) is 1.35. The van der Waals surface area contributed by atoms with E-state index in [1.807, 2.05) is 32.9 Å². The third-order valence-electron chi connectivity index (χ3n) is 2.79. The number of carbonyl (C=O) groups excluding carboxylic acids is 1. The number of nitrogens with two attached hydrogens (primary N) is 1. The van der Waals surface area contributed by atoms with Gasteiger partial charge in [-0.2, -0.15) is 0 Å². The first kappa shape index (κ1) is 15.2. The Labute approximate surface area is 124 Å². The van der Waals surface area contributed by atoms with Crippen LogP contribution in [0, 0.1) is 0 Å². The first-order chi connectivity index (χ1) is 9.85. The first-order valence-electron chi connectivity index (χ1n) is 6.87. The van der Waals surface area contributed by atoms with Crippen LogP contribution in [0.5, 0.6) is 5.75 Å². The summed E-state index contributed by atoms with van der Waals surface area (Å²) in [5.41, 5.74) is 8.12. The number of nitrogen functional groups attached to an aromatic ring is 1. The van der Waals surface area contributed by atoms with E-state index in [0.717, 1.165) is 11.1 Å². The van der Waals surface area contributed by atoms with Gasteiger partial charge in [0.05, 0.1) is 18.8 Å². The van der Waals surface area contributed by atoms with Crippen molar-refractivity contribution in [2.45, 2.75) is 32.9 Å². The summed E-state index contributed by atoms with van der Waals surface area (Å²) in [7, 11) is 0. The van der Waals surface area contributed by atoms with Gasteiger partial charge in [-0.15, -0.1) is 0 Å². The molecule has 0 fully saturated rings. The van der Waals surface area contributed by atoms with Crippen molar-refractivity contribution >= 4 is 18.0 Å². The zero-order valence-electron chi connectivity index (χ0n) is 12.6. The summed E-state index contributed by atoms with van der Waals surface area (Å²) < 4.78 is 10.7. The number of carbonyl (C=O) groups is 1. The van der Waals surface area contributed by atoms with Gasteiger partial charge in [-0.25, -0.2) is 4.79 Å². The van der Waals surface area contributed by atoms with Crippen molar-refractivity contribution in [1.29, 1.82) is 0 Å². The quantitative estimate of drug-likeness (QED) is 0.657. The number of alkyl carbamates (subject to hydrolysis) is 1. The number of anilines is 1. The molecule has 1 aromatic carbocycles. The highest BCUT2D eigenvalue weighted by atomic mass is 16.6. The number of hydrogen-bond acceptors (Lipinski definition) is 5. The van der Waals surface area contributed by atoms with Crippen LogP contribution >= 0.6 is 0 Å². The normalized spacial score (nSPS) is 12.9. The fraction of sp³-hybridized carbons (Fsp3) is 0.467. The molecular weight excluding hydrogens is 270 g/mol. The van der Waals surface area contributed by atoms with Crippen molar-refractivity contribution in [3.05, 3.63) is 23.3 Å². The van der Waals surface area contributed by atoms with Crippen molar-refractivity contribution in [1.82, 2.24) is 5.32 Å². The van der Waals surface area contributed by atoms with Gasteiger partial charge in [0.2, 0.25) is 0 Å². The van der Waals surface area contributed by atoms with Crippen molar-refractivity contribution < 1.29 is 14.3 Å². The predicted molar refractivity (Wildman–Crippen MR) is 81.9 cm³/mol. The third-order valence-corrected chi connectivity index (χ3v) is 2.79. The fourth-order valence-corrected chi connectivity index (χ4v) is 1.91. The minimum Gasteiger partial charge on any atom is -0.490 e. The SMILES string of the molecule is CC(C)(C)OC(=O)NCCOc1cc2c(cc1N)C=NC2. The number of nitrogens with zero attached hydrogens (tertiary/aromatic N) is 1. The van der Waals surface area contributed by atoms with Crippen molar-refractivity contribution in [3.63, 3.8) is 0 Å². The van der Waals surface area contributed by atoms with Crippen LogP contribution in [0.25, 0.3) is 0 Å². The number of hydrogen-bond donors (Lipinski definition) is 2. The summed E-state index contributed by atoms with van der Waals surface area (Å²) in [5.74, 6) is 0.616. The average Bonchev–Trinajstić information content (AvgIpc) is 2.79. The number of aliphatic imine (C=N–C) groups is 1. The Kier molecular flexibility index (Phi) is 4.35. The molecular formula is C15H21N3O3. The Morgan fingerprint density at radius 2 is 2.19 bits per heavy atom. The molecule has 21 heavy (non-hydrogen) atoms. The largest absolute Gasteiger partial charge is 0.490 e. The molecule has 0 radical (unpaired) electrons. The Morgan fingerprint density at radius 3 is 2.90 bits per heavy atom. The van der Waals surface area contributed by atoms with Crippen LogP contribution in [0.1, 0.15) is 31.9 Å². The van der Waals surface area contributed by atoms with Gasteiger partial charge in [-0.05, 0) is 44.0 Å². The molecule has 1 aromatic rings. The zero-order chi connectivity index (χ0) is 15.5. The predicted octanol–water partition coefficient (Wildman–Crippen LogP) is 2.10. The topological polar surface area (TPSA) is 85.9 Å². The second kappa shape index (κ2) is 6.03. The lowest BCUT2D eigenvalue weighted by Crippen LogP contribution is -2.34. The molecule has 0 atom stereocenters. The fourth-order valence-electron chi connectivity index (χ4n) is 1.91. The van der Waals surface area contributed by atoms with E-state index in [-0.39, 0.29) is 0 Å². The summed E-state index contributed by atoms with van der Waals surface area (Å²) in [6, 6.07) is 3.74. The lowest BCUT2D eigenvalue weighted by Gasteiger charge is -2.19. The van der Waals surface area contributed by atoms with Crippen LogP contribution < -0.4 is 15.8 Å². The van der Waals surface area contributed by atoms with Gasteiger partial charge in [0, 0.05) is 6.21 Å². The van der Waals surface area contributed by atoms with E-state index in [9.17, 15) is 4.79 Å². The maximum atomic E-state index is 11.5. The summed E-state index contributed by atoms with van der Waals surface area (Å²) in [4.78, 5) is 15.6. The van der Waals surface area contributed by atoms with E-state index < -0.39 is 11.7 Å². The first-order valence-corrected chi connectivity index (χ1v) is 6.87. The smallest absolute Gasteiger partial charge is 0.407 e. The lowest BCUT2D eigenvalue weighted by atomic mass is 10.1. The highest BCUT2D eigenvalue weighted by Crippen LogP contribution is 2.28. The van der Waals surface area contributed by atoms with Crippen LogP contribution in [0.4, 0.5) is 10.5 Å². The van der Waals surface area contributed by atoms with E-state index in [1.54, 1.807) is 6.21 Å². The molecule has 0 unspecified atom stereocenters. The van der Waals surface area contributed by atoms with Gasteiger partial charge in [-0.3, -0.25) is 4.99 Å². The van der Waals surface area contributed by atoms with E-state index in [2.05, 4.69) is 10.3 Å². The second-order valence-corrected chi connectivity index (χ2v) is 5.84. The molecule has 114 valence electrons. The van der Waals surface area contributed by atoms with Crippen molar-refractivity contribution in [2.24, 2.45) is 4.99 Å². The molecule has 0 saturated heterocycles. The molecule has 6 nitrogen and oxygen atoms in total. The molecule has 1 aliphatic rings. The van der Waals surface area contributed by atoms with Crippen LogP contribution in [-0.2, 0) is 11.3 Å². The summed E-state index contributed by atoms with van der Waals surface area (Å²) in [6.45, 7) is 6.77. The molecule has 1 heterocycles. The van der Waals surface area contributed by atoms with Gasteiger partial charge in [-0.1, -0.05) is 0 Å². The molecule has 0 saturated carbocycles. The van der Waals surface area contributed by atoms with Gasteiger partial charge in [0.25, 0.3) is 0 Å². The van der Waals surface area contributed by atoms with Crippen LogP contribution in [0.2, 0.25) is 0 Å². The molecule has 2 rings (SSSR count). The van der Waals surface area contributed by atoms with Gasteiger partial charge in [0.15, 0.2) is 0 Å². The maximum absolute atomic E-state index is 11.5. The number of fused-ring (bicyclic) bond motifs is 1. The Morgan fingerprint density at radius 1 is 1.43 bits per heavy atom. The molecule has 6 heteroatoms. The van der Waals surface area contributed by atoms with Crippen LogP contribution in [-0.4, -0.2) is 31.1 Å². The van der Waals surface area contributed by atoms with Crippen molar-refractivity contribution in [2.75, 3.05) is 18.9 Å². The highest BCUT2D eigenvalue weighted by Gasteiger charge is 2.15. The average molecular weight is 291 g/mol. The number of nitrogens with one attached hydrogen (secondary N) is 1. The monoisotopic (exact) mass is 291 g/mol. The maximum Gasteiger partial charge on any atom is 0.407 e. The number of rotatable bonds is 4. The van der Waals surface area contributed by atoms with Gasteiger partial charge < -0.3 is 20.5 Å². The molecule has 1 amide bonds. The van der Waals surface area contributed by atoms with E-state index in [1.165, 1.54) is 0 Å². The molecule has 1 aliphatic heterocycles. The number of benzene rings is 1. The van der Waals surface area contributed by atoms with Crippen molar-refractivity contribution in [3.8, 4) is 5.75 Å². The van der Waals surface area contributed by atoms with E-state index >= 15 is 0 Å². The van der Waals surface area contributed by atoms with E-state index in [4.69, 9.17) is 15.2 Å². The number of amides is 1. The third kappa shape index (κ3) is 4.37. The van der Waals surface area contributed by atoms with Gasteiger partial charge in [0.1, 0.15) is 18.0 Å². The lowest BCUT2D eigenvalue weighted by molar-refractivity contribution is 0.0520. The van der Waals surface area contributed by atoms with Gasteiger partial charge >= 0.3 is 6.09 Å². The zero-order valence-corrected chi connectivity index (χ0v) is 12.6. The standard InChI is InChI=1S/C15H21N3O3/c1-15(2,3)21-14(19)18-4-5-20-13-7-11-9-17-8-10(11)6-12(13)16/h6-8H,4-5,9,16H2,1-3H3,(H,18,19). The molecule has 0 bridgehead atoms. The highest BCUT2D eigenvalue weighted by molar-refractivity contribution is 5.86. The molecule has 3 N–H and O–H groups in total. The minimum atomic E-state index is -0.505. The number of ether oxygens (including phenoxy) is 2. The summed E-state index contributed by atoms with van der Waals surface area (Å²) in [5, 5.41) is 2.63. The van der Waals surface area contributed by atoms with Crippen LogP contribution in [0.3, 0.4) is 0 Å². The Bertz CT molecular complexity index is 562. The summed E-state index contributed by atoms with van der Waals surface area (Å²) >= 11 is 0. The molecule has 0 spiro atoms. The second-order valence-electron chi connectivity index (χ2n) is 5.84. The molecule has 0 aromatic heterocycles.